The molecule has 26 heavy (non-hydrogen) atoms. The smallest absolute Gasteiger partial charge is 0.0682 e. The fraction of sp³-hybridized carbons (Fsp3) is 0.500. The van der Waals surface area contributed by atoms with Crippen molar-refractivity contribution in [2.24, 2.45) is 0 Å². The molecule has 140 valence electrons. The highest BCUT2D eigenvalue weighted by Gasteiger charge is 2.13. The van der Waals surface area contributed by atoms with Gasteiger partial charge in [-0.1, -0.05) is 24.3 Å². The van der Waals surface area contributed by atoms with E-state index in [1.807, 2.05) is 0 Å². The topological polar surface area (TPSA) is 20.2 Å². The van der Waals surface area contributed by atoms with Crippen LogP contribution in [0, 0.1) is 13.8 Å². The van der Waals surface area contributed by atoms with Crippen molar-refractivity contribution in [2.75, 3.05) is 0 Å². The van der Waals surface area contributed by atoms with Gasteiger partial charge in [-0.15, -0.1) is 11.6 Å². The summed E-state index contributed by atoms with van der Waals surface area (Å²) in [5.74, 6) is 0.647. The van der Waals surface area contributed by atoms with Gasteiger partial charge in [0.1, 0.15) is 0 Å². The third-order valence-corrected chi connectivity index (χ3v) is 6.14. The van der Waals surface area contributed by atoms with Gasteiger partial charge >= 0.3 is 0 Å². The van der Waals surface area contributed by atoms with Gasteiger partial charge in [0.05, 0.1) is 6.61 Å². The second-order valence-electron chi connectivity index (χ2n) is 7.81. The van der Waals surface area contributed by atoms with Gasteiger partial charge < -0.3 is 5.11 Å². The number of hydrogen-bond acceptors (Lipinski definition) is 1. The molecule has 2 aliphatic rings. The molecule has 2 aromatic rings. The largest absolute Gasteiger partial charge is 0.392 e. The van der Waals surface area contributed by atoms with Crippen LogP contribution in [0.3, 0.4) is 0 Å². The van der Waals surface area contributed by atoms with E-state index in [0.717, 1.165) is 5.56 Å². The molecule has 2 aliphatic carbocycles. The first-order valence-corrected chi connectivity index (χ1v) is 10.5. The Morgan fingerprint density at radius 2 is 1.19 bits per heavy atom. The molecule has 0 radical (unpaired) electrons. The molecule has 0 unspecified atom stereocenters. The third kappa shape index (κ3) is 4.50. The molecule has 0 heterocycles. The molecule has 0 bridgehead atoms. The first kappa shape index (κ1) is 19.5. The lowest BCUT2D eigenvalue weighted by Gasteiger charge is -2.18. The van der Waals surface area contributed by atoms with E-state index in [0.29, 0.717) is 5.88 Å². The van der Waals surface area contributed by atoms with Crippen molar-refractivity contribution in [2.45, 2.75) is 77.7 Å². The Morgan fingerprint density at radius 1 is 0.731 bits per heavy atom. The molecule has 0 fully saturated rings. The van der Waals surface area contributed by atoms with Gasteiger partial charge in [0, 0.05) is 5.88 Å². The molecular weight excluding hydrogens is 340 g/mol. The summed E-state index contributed by atoms with van der Waals surface area (Å²) in [7, 11) is 0. The van der Waals surface area contributed by atoms with E-state index in [4.69, 9.17) is 16.7 Å². The third-order valence-electron chi connectivity index (χ3n) is 5.83. The van der Waals surface area contributed by atoms with Crippen molar-refractivity contribution in [1.29, 1.82) is 0 Å². The van der Waals surface area contributed by atoms with Gasteiger partial charge in [-0.3, -0.25) is 0 Å². The lowest BCUT2D eigenvalue weighted by molar-refractivity contribution is 0.281. The fourth-order valence-corrected chi connectivity index (χ4v) is 4.66. The molecule has 2 heteroatoms. The average molecular weight is 371 g/mol. The number of aliphatic hydroxyl groups is 1. The normalized spacial score (nSPS) is 15.5. The molecule has 1 nitrogen and oxygen atoms in total. The number of alkyl halides is 1. The second-order valence-corrected chi connectivity index (χ2v) is 8.07. The van der Waals surface area contributed by atoms with Crippen LogP contribution in [0.5, 0.6) is 0 Å². The van der Waals surface area contributed by atoms with Crippen LogP contribution in [0.1, 0.15) is 70.2 Å². The summed E-state index contributed by atoms with van der Waals surface area (Å²) < 4.78 is 0. The minimum Gasteiger partial charge on any atom is -0.392 e. The van der Waals surface area contributed by atoms with E-state index in [1.165, 1.54) is 79.2 Å². The van der Waals surface area contributed by atoms with Crippen molar-refractivity contribution in [1.82, 2.24) is 0 Å². The molecule has 4 rings (SSSR count). The van der Waals surface area contributed by atoms with E-state index in [9.17, 15) is 0 Å². The van der Waals surface area contributed by atoms with Crippen molar-refractivity contribution >= 4 is 11.6 Å². The summed E-state index contributed by atoms with van der Waals surface area (Å²) in [5.41, 5.74) is 11.3. The Morgan fingerprint density at radius 3 is 1.69 bits per heavy atom. The standard InChI is InChI=1S/C12H15Cl.C12H16O/c2*1-9-6-10(8-13)7-11-4-2-3-5-12(9)11/h6-7H,2-5,8H2,1H3;6-7,13H,2-5,8H2,1H3. The van der Waals surface area contributed by atoms with Crippen LogP contribution >= 0.6 is 11.6 Å². The van der Waals surface area contributed by atoms with Crippen LogP contribution in [0.2, 0.25) is 0 Å². The zero-order valence-electron chi connectivity index (χ0n) is 16.2. The number of hydrogen-bond donors (Lipinski definition) is 1. The number of fused-ring (bicyclic) bond motifs is 2. The van der Waals surface area contributed by atoms with Crippen LogP contribution in [0.25, 0.3) is 0 Å². The highest BCUT2D eigenvalue weighted by molar-refractivity contribution is 6.17. The molecule has 0 saturated heterocycles. The Labute approximate surface area is 163 Å². The summed E-state index contributed by atoms with van der Waals surface area (Å²) in [6, 6.07) is 8.80. The summed E-state index contributed by atoms with van der Waals surface area (Å²) >= 11 is 5.84. The van der Waals surface area contributed by atoms with Crippen LogP contribution in [-0.4, -0.2) is 5.11 Å². The molecule has 0 amide bonds. The number of rotatable bonds is 2. The summed E-state index contributed by atoms with van der Waals surface area (Å²) in [6.45, 7) is 4.54. The van der Waals surface area contributed by atoms with E-state index in [1.54, 1.807) is 11.1 Å². The maximum absolute atomic E-state index is 9.06. The zero-order chi connectivity index (χ0) is 18.5. The van der Waals surface area contributed by atoms with E-state index >= 15 is 0 Å². The lowest BCUT2D eigenvalue weighted by Crippen LogP contribution is -2.05. The molecule has 1 N–H and O–H groups in total. The Balaban J connectivity index is 0.000000151. The fourth-order valence-electron chi connectivity index (χ4n) is 4.51. The van der Waals surface area contributed by atoms with Crippen molar-refractivity contribution in [3.63, 3.8) is 0 Å². The highest BCUT2D eigenvalue weighted by atomic mass is 35.5. The van der Waals surface area contributed by atoms with Crippen LogP contribution in [-0.2, 0) is 38.2 Å². The quantitative estimate of drug-likeness (QED) is 0.645. The van der Waals surface area contributed by atoms with Crippen molar-refractivity contribution < 1.29 is 5.11 Å². The maximum Gasteiger partial charge on any atom is 0.0682 e. The predicted molar refractivity (Wildman–Crippen MR) is 111 cm³/mol. The van der Waals surface area contributed by atoms with E-state index in [-0.39, 0.29) is 6.61 Å². The molecule has 0 atom stereocenters. The molecular formula is C24H31ClO. The van der Waals surface area contributed by atoms with Gasteiger partial charge in [-0.25, -0.2) is 0 Å². The SMILES string of the molecule is Cc1cc(CCl)cc2c1CCCC2.Cc1cc(CO)cc2c1CCCC2. The Hall–Kier alpha value is -1.31. The van der Waals surface area contributed by atoms with Gasteiger partial charge in [-0.05, 0) is 110 Å². The van der Waals surface area contributed by atoms with E-state index in [2.05, 4.69) is 38.1 Å². The van der Waals surface area contributed by atoms with Crippen LogP contribution in [0.4, 0.5) is 0 Å². The molecule has 0 saturated carbocycles. The lowest BCUT2D eigenvalue weighted by atomic mass is 9.87. The molecule has 0 aromatic heterocycles. The monoisotopic (exact) mass is 370 g/mol. The van der Waals surface area contributed by atoms with Gasteiger partial charge in [0.2, 0.25) is 0 Å². The maximum atomic E-state index is 9.06. The van der Waals surface area contributed by atoms with Crippen LogP contribution in [0.15, 0.2) is 24.3 Å². The molecule has 0 aliphatic heterocycles. The van der Waals surface area contributed by atoms with Crippen LogP contribution < -0.4 is 0 Å². The number of aliphatic hydroxyl groups excluding tert-OH is 1. The predicted octanol–water partition coefficient (Wildman–Crippen LogP) is 5.98. The highest BCUT2D eigenvalue weighted by Crippen LogP contribution is 2.27. The molecule has 0 spiro atoms. The van der Waals surface area contributed by atoms with E-state index < -0.39 is 0 Å². The summed E-state index contributed by atoms with van der Waals surface area (Å²) in [5, 5.41) is 9.06. The Bertz CT molecular complexity index is 698. The minimum absolute atomic E-state index is 0.175. The second kappa shape index (κ2) is 9.06. The number of aryl methyl sites for hydroxylation is 4. The molecule has 2 aromatic carbocycles. The number of halogens is 1. The number of benzene rings is 2. The summed E-state index contributed by atoms with van der Waals surface area (Å²) in [4.78, 5) is 0. The summed E-state index contributed by atoms with van der Waals surface area (Å²) in [6.07, 6.45) is 10.3. The van der Waals surface area contributed by atoms with Crippen molar-refractivity contribution in [3.8, 4) is 0 Å². The minimum atomic E-state index is 0.175. The zero-order valence-corrected chi connectivity index (χ0v) is 17.0. The first-order valence-electron chi connectivity index (χ1n) is 10.0. The van der Waals surface area contributed by atoms with Gasteiger partial charge in [0.25, 0.3) is 0 Å². The average Bonchev–Trinajstić information content (AvgIpc) is 2.68. The van der Waals surface area contributed by atoms with Crippen molar-refractivity contribution in [3.05, 3.63) is 68.8 Å². The first-order chi connectivity index (χ1) is 12.6. The Kier molecular flexibility index (Phi) is 6.78. The van der Waals surface area contributed by atoms with Gasteiger partial charge in [-0.2, -0.15) is 0 Å². The van der Waals surface area contributed by atoms with Gasteiger partial charge in [0.15, 0.2) is 0 Å².